The second-order valence-corrected chi connectivity index (χ2v) is 6.07. The van der Waals surface area contributed by atoms with E-state index in [1.165, 1.54) is 0 Å². The molecule has 0 aliphatic heterocycles. The maximum Gasteiger partial charge on any atom is 0.255 e. The Labute approximate surface area is 130 Å². The third-order valence-corrected chi connectivity index (χ3v) is 3.76. The maximum absolute atomic E-state index is 12.4. The van der Waals surface area contributed by atoms with Crippen LogP contribution in [0, 0.1) is 0 Å². The van der Waals surface area contributed by atoms with Crippen molar-refractivity contribution in [3.63, 3.8) is 0 Å². The monoisotopic (exact) mass is 395 g/mol. The first-order valence-electron chi connectivity index (χ1n) is 5.90. The molecule has 0 saturated heterocycles. The number of hydrogen-bond donors (Lipinski definition) is 0. The van der Waals surface area contributed by atoms with Crippen LogP contribution in [0.3, 0.4) is 0 Å². The largest absolute Gasteiger partial charge is 0.338 e. The van der Waals surface area contributed by atoms with Gasteiger partial charge in [0.2, 0.25) is 0 Å². The van der Waals surface area contributed by atoms with Crippen LogP contribution < -0.4 is 0 Å². The van der Waals surface area contributed by atoms with E-state index in [1.807, 2.05) is 11.0 Å². The van der Waals surface area contributed by atoms with E-state index in [0.29, 0.717) is 17.1 Å². The number of amides is 1. The van der Waals surface area contributed by atoms with Gasteiger partial charge in [-0.25, -0.2) is 0 Å². The Morgan fingerprint density at radius 2 is 2.11 bits per heavy atom. The number of nitrogens with zero attached hydrogens (tertiary/aromatic N) is 1. The number of benzene rings is 1. The molecule has 0 spiro atoms. The van der Waals surface area contributed by atoms with Crippen LogP contribution in [0.5, 0.6) is 0 Å². The van der Waals surface area contributed by atoms with E-state index >= 15 is 0 Å². The Kier molecular flexibility index (Phi) is 7.27. The van der Waals surface area contributed by atoms with Crippen LogP contribution in [0.4, 0.5) is 0 Å². The highest BCUT2D eigenvalue weighted by atomic mass is 79.9. The average molecular weight is 398 g/mol. The minimum Gasteiger partial charge on any atom is -0.338 e. The second-order valence-electron chi connectivity index (χ2n) is 3.96. The van der Waals surface area contributed by atoms with Gasteiger partial charge in [-0.1, -0.05) is 56.8 Å². The first kappa shape index (κ1) is 16.0. The van der Waals surface area contributed by atoms with Crippen molar-refractivity contribution in [1.29, 1.82) is 0 Å². The number of hydrogen-bond acceptors (Lipinski definition) is 1. The fourth-order valence-electron chi connectivity index (χ4n) is 1.60. The van der Waals surface area contributed by atoms with Gasteiger partial charge in [-0.05, 0) is 24.6 Å². The molecule has 1 rings (SSSR count). The lowest BCUT2D eigenvalue weighted by molar-refractivity contribution is 0.0764. The predicted octanol–water partition coefficient (Wildman–Crippen LogP) is 4.74. The van der Waals surface area contributed by atoms with Crippen molar-refractivity contribution < 1.29 is 4.79 Å². The topological polar surface area (TPSA) is 20.3 Å². The molecule has 0 atom stereocenters. The number of unbranched alkanes of at least 4 members (excludes halogenated alkanes) is 1. The minimum atomic E-state index is -0.00537. The Bertz CT molecular complexity index is 412. The standard InChI is InChI=1S/C13H16Br2ClNO/c1-2-3-7-17(8-6-14)13(18)11-9-10(15)4-5-12(11)16/h4-5,9H,2-3,6-8H2,1H3. The van der Waals surface area contributed by atoms with Crippen molar-refractivity contribution >= 4 is 49.4 Å². The quantitative estimate of drug-likeness (QED) is 0.635. The van der Waals surface area contributed by atoms with Crippen molar-refractivity contribution in [3.05, 3.63) is 33.3 Å². The van der Waals surface area contributed by atoms with Gasteiger partial charge in [-0.15, -0.1) is 0 Å². The van der Waals surface area contributed by atoms with Gasteiger partial charge >= 0.3 is 0 Å². The van der Waals surface area contributed by atoms with Gasteiger partial charge in [0, 0.05) is 22.9 Å². The van der Waals surface area contributed by atoms with Gasteiger partial charge in [-0.2, -0.15) is 0 Å². The fourth-order valence-corrected chi connectivity index (χ4v) is 2.59. The van der Waals surface area contributed by atoms with E-state index in [1.54, 1.807) is 12.1 Å². The summed E-state index contributed by atoms with van der Waals surface area (Å²) in [5.41, 5.74) is 0.558. The zero-order chi connectivity index (χ0) is 13.5. The minimum absolute atomic E-state index is 0.00537. The summed E-state index contributed by atoms with van der Waals surface area (Å²) in [6, 6.07) is 5.35. The lowest BCUT2D eigenvalue weighted by Crippen LogP contribution is -2.33. The predicted molar refractivity (Wildman–Crippen MR) is 83.8 cm³/mol. The molecule has 0 fully saturated rings. The molecule has 0 aliphatic rings. The highest BCUT2D eigenvalue weighted by Crippen LogP contribution is 2.22. The molecule has 18 heavy (non-hydrogen) atoms. The summed E-state index contributed by atoms with van der Waals surface area (Å²) in [5.74, 6) is -0.00537. The van der Waals surface area contributed by atoms with Crippen LogP contribution in [-0.2, 0) is 0 Å². The van der Waals surface area contributed by atoms with Crippen LogP contribution in [0.15, 0.2) is 22.7 Å². The van der Waals surface area contributed by atoms with E-state index in [0.717, 1.165) is 29.2 Å². The third kappa shape index (κ3) is 4.56. The van der Waals surface area contributed by atoms with Gasteiger partial charge in [0.1, 0.15) is 0 Å². The summed E-state index contributed by atoms with van der Waals surface area (Å²) < 4.78 is 0.865. The number of carbonyl (C=O) groups is 1. The summed E-state index contributed by atoms with van der Waals surface area (Å²) in [7, 11) is 0. The molecule has 0 heterocycles. The Morgan fingerprint density at radius 1 is 1.39 bits per heavy atom. The molecular formula is C13H16Br2ClNO. The first-order valence-corrected chi connectivity index (χ1v) is 8.19. The molecule has 0 radical (unpaired) electrons. The Hall–Kier alpha value is -0.0600. The summed E-state index contributed by atoms with van der Waals surface area (Å²) in [6.07, 6.45) is 2.07. The van der Waals surface area contributed by atoms with E-state index < -0.39 is 0 Å². The normalized spacial score (nSPS) is 10.4. The summed E-state index contributed by atoms with van der Waals surface area (Å²) >= 11 is 12.8. The molecule has 100 valence electrons. The molecule has 0 aromatic heterocycles. The molecule has 0 bridgehead atoms. The van der Waals surface area contributed by atoms with Crippen LogP contribution >= 0.6 is 43.5 Å². The Morgan fingerprint density at radius 3 is 2.72 bits per heavy atom. The van der Waals surface area contributed by atoms with Crippen molar-refractivity contribution in [1.82, 2.24) is 4.90 Å². The number of rotatable bonds is 6. The first-order chi connectivity index (χ1) is 8.60. The van der Waals surface area contributed by atoms with Crippen LogP contribution in [-0.4, -0.2) is 29.2 Å². The summed E-state index contributed by atoms with van der Waals surface area (Å²) in [5, 5.41) is 1.27. The molecule has 2 nitrogen and oxygen atoms in total. The van der Waals surface area contributed by atoms with Gasteiger partial charge < -0.3 is 4.90 Å². The average Bonchev–Trinajstić information content (AvgIpc) is 2.36. The number of halogens is 3. The van der Waals surface area contributed by atoms with Crippen LogP contribution in [0.1, 0.15) is 30.1 Å². The van der Waals surface area contributed by atoms with Gasteiger partial charge in [0.15, 0.2) is 0 Å². The summed E-state index contributed by atoms with van der Waals surface area (Å²) in [6.45, 7) is 3.58. The molecule has 1 aromatic carbocycles. The fraction of sp³-hybridized carbons (Fsp3) is 0.462. The van der Waals surface area contributed by atoms with Gasteiger partial charge in [0.05, 0.1) is 10.6 Å². The molecule has 5 heteroatoms. The van der Waals surface area contributed by atoms with Crippen molar-refractivity contribution in [2.24, 2.45) is 0 Å². The molecule has 1 amide bonds. The molecule has 0 unspecified atom stereocenters. The highest BCUT2D eigenvalue weighted by Gasteiger charge is 2.17. The Balaban J connectivity index is 2.90. The number of alkyl halides is 1. The van der Waals surface area contributed by atoms with E-state index in [-0.39, 0.29) is 5.91 Å². The zero-order valence-corrected chi connectivity index (χ0v) is 14.2. The van der Waals surface area contributed by atoms with Crippen molar-refractivity contribution in [3.8, 4) is 0 Å². The molecule has 1 aromatic rings. The maximum atomic E-state index is 12.4. The molecule has 0 saturated carbocycles. The van der Waals surface area contributed by atoms with Gasteiger partial charge in [-0.3, -0.25) is 4.79 Å². The molecular weight excluding hydrogens is 381 g/mol. The third-order valence-electron chi connectivity index (χ3n) is 2.58. The van der Waals surface area contributed by atoms with Crippen molar-refractivity contribution in [2.75, 3.05) is 18.4 Å². The molecule has 0 aliphatic carbocycles. The highest BCUT2D eigenvalue weighted by molar-refractivity contribution is 9.10. The SMILES string of the molecule is CCCCN(CCBr)C(=O)c1cc(Br)ccc1Cl. The van der Waals surface area contributed by atoms with E-state index in [4.69, 9.17) is 11.6 Å². The number of carbonyl (C=O) groups excluding carboxylic acids is 1. The molecule has 0 N–H and O–H groups in total. The van der Waals surface area contributed by atoms with E-state index in [2.05, 4.69) is 38.8 Å². The van der Waals surface area contributed by atoms with E-state index in [9.17, 15) is 4.79 Å². The van der Waals surface area contributed by atoms with Crippen LogP contribution in [0.25, 0.3) is 0 Å². The zero-order valence-electron chi connectivity index (χ0n) is 10.3. The van der Waals surface area contributed by atoms with Gasteiger partial charge in [0.25, 0.3) is 5.91 Å². The second kappa shape index (κ2) is 8.18. The van der Waals surface area contributed by atoms with Crippen LogP contribution in [0.2, 0.25) is 5.02 Å². The summed E-state index contributed by atoms with van der Waals surface area (Å²) in [4.78, 5) is 14.3. The lowest BCUT2D eigenvalue weighted by Gasteiger charge is -2.22. The lowest BCUT2D eigenvalue weighted by atomic mass is 10.2. The smallest absolute Gasteiger partial charge is 0.255 e. The van der Waals surface area contributed by atoms with Crippen molar-refractivity contribution in [2.45, 2.75) is 19.8 Å².